The highest BCUT2D eigenvalue weighted by molar-refractivity contribution is 7.94. The molecule has 172 valence electrons. The topological polar surface area (TPSA) is 82.1 Å². The SMILES string of the molecule is CCOc1cc(C(=O)N(c2ccc(F)cc2)[C@@H]2C=CS(=O)(=O)C2)cc(OCC)c1OCC. The van der Waals surface area contributed by atoms with Gasteiger partial charge >= 0.3 is 0 Å². The maximum absolute atomic E-state index is 13.7. The first-order chi connectivity index (χ1) is 15.3. The van der Waals surface area contributed by atoms with Crippen molar-refractivity contribution < 1.29 is 31.8 Å². The van der Waals surface area contributed by atoms with Crippen LogP contribution >= 0.6 is 0 Å². The molecule has 1 atom stereocenters. The van der Waals surface area contributed by atoms with Crippen molar-refractivity contribution in [1.29, 1.82) is 0 Å². The molecule has 0 radical (unpaired) electrons. The molecule has 0 fully saturated rings. The number of hydrogen-bond donors (Lipinski definition) is 0. The van der Waals surface area contributed by atoms with Gasteiger partial charge in [0.25, 0.3) is 5.91 Å². The molecule has 2 aromatic rings. The average Bonchev–Trinajstić information content (AvgIpc) is 3.11. The zero-order chi connectivity index (χ0) is 23.3. The lowest BCUT2D eigenvalue weighted by molar-refractivity contribution is 0.0982. The first-order valence-electron chi connectivity index (χ1n) is 10.4. The molecule has 0 spiro atoms. The fraction of sp³-hybridized carbons (Fsp3) is 0.348. The van der Waals surface area contributed by atoms with Gasteiger partial charge in [0.1, 0.15) is 5.82 Å². The number of sulfone groups is 1. The van der Waals surface area contributed by atoms with E-state index in [9.17, 15) is 17.6 Å². The van der Waals surface area contributed by atoms with Crippen LogP contribution in [0, 0.1) is 5.82 Å². The number of rotatable bonds is 9. The third kappa shape index (κ3) is 5.21. The largest absolute Gasteiger partial charge is 0.490 e. The van der Waals surface area contributed by atoms with Crippen molar-refractivity contribution in [3.8, 4) is 17.2 Å². The number of nitrogens with zero attached hydrogens (tertiary/aromatic N) is 1. The second kappa shape index (κ2) is 10.0. The summed E-state index contributed by atoms with van der Waals surface area (Å²) in [7, 11) is -3.44. The Bertz CT molecular complexity index is 1070. The van der Waals surface area contributed by atoms with Gasteiger partial charge in [-0.2, -0.15) is 0 Å². The van der Waals surface area contributed by atoms with Crippen LogP contribution in [0.2, 0.25) is 0 Å². The van der Waals surface area contributed by atoms with Gasteiger partial charge in [-0.05, 0) is 63.2 Å². The van der Waals surface area contributed by atoms with Gasteiger partial charge in [-0.25, -0.2) is 12.8 Å². The van der Waals surface area contributed by atoms with Crippen LogP contribution in [-0.4, -0.2) is 45.9 Å². The van der Waals surface area contributed by atoms with Gasteiger partial charge in [-0.3, -0.25) is 4.79 Å². The minimum Gasteiger partial charge on any atom is -0.490 e. The van der Waals surface area contributed by atoms with Crippen molar-refractivity contribution in [2.45, 2.75) is 26.8 Å². The fourth-order valence-corrected chi connectivity index (χ4v) is 4.70. The fourth-order valence-electron chi connectivity index (χ4n) is 3.43. The molecule has 1 aliphatic rings. The molecular weight excluding hydrogens is 437 g/mol. The van der Waals surface area contributed by atoms with Gasteiger partial charge in [-0.15, -0.1) is 0 Å². The van der Waals surface area contributed by atoms with Crippen molar-refractivity contribution in [2.24, 2.45) is 0 Å². The summed E-state index contributed by atoms with van der Waals surface area (Å²) in [5, 5.41) is 1.09. The van der Waals surface area contributed by atoms with Crippen LogP contribution in [0.25, 0.3) is 0 Å². The van der Waals surface area contributed by atoms with Gasteiger partial charge in [-0.1, -0.05) is 0 Å². The number of carbonyl (C=O) groups is 1. The van der Waals surface area contributed by atoms with E-state index in [0.717, 1.165) is 5.41 Å². The maximum Gasteiger partial charge on any atom is 0.259 e. The Morgan fingerprint density at radius 3 is 2.03 bits per heavy atom. The Hall–Kier alpha value is -3.07. The quantitative estimate of drug-likeness (QED) is 0.560. The van der Waals surface area contributed by atoms with Crippen LogP contribution in [0.3, 0.4) is 0 Å². The third-order valence-corrected chi connectivity index (χ3v) is 6.10. The first kappa shape index (κ1) is 23.6. The van der Waals surface area contributed by atoms with Gasteiger partial charge in [0, 0.05) is 16.7 Å². The summed E-state index contributed by atoms with van der Waals surface area (Å²) in [6, 6.07) is 7.67. The number of anilines is 1. The predicted octanol–water partition coefficient (Wildman–Crippen LogP) is 3.98. The monoisotopic (exact) mass is 463 g/mol. The molecule has 32 heavy (non-hydrogen) atoms. The van der Waals surface area contributed by atoms with E-state index < -0.39 is 27.6 Å². The van der Waals surface area contributed by atoms with E-state index in [-0.39, 0.29) is 11.3 Å². The summed E-state index contributed by atoms with van der Waals surface area (Å²) in [6.07, 6.45) is 1.46. The summed E-state index contributed by atoms with van der Waals surface area (Å²) in [6.45, 7) is 6.50. The number of halogens is 1. The van der Waals surface area contributed by atoms with E-state index in [4.69, 9.17) is 14.2 Å². The minimum atomic E-state index is -3.44. The molecule has 1 heterocycles. The molecule has 0 saturated heterocycles. The van der Waals surface area contributed by atoms with Crippen molar-refractivity contribution in [2.75, 3.05) is 30.5 Å². The molecular formula is C23H26FNO6S. The molecule has 0 aliphatic carbocycles. The van der Waals surface area contributed by atoms with E-state index >= 15 is 0 Å². The van der Waals surface area contributed by atoms with E-state index in [1.165, 1.54) is 35.2 Å². The molecule has 1 amide bonds. The Labute approximate surface area is 187 Å². The Kier molecular flexibility index (Phi) is 7.40. The molecule has 3 rings (SSSR count). The molecule has 0 unspecified atom stereocenters. The van der Waals surface area contributed by atoms with Crippen LogP contribution in [0.4, 0.5) is 10.1 Å². The molecule has 1 aliphatic heterocycles. The van der Waals surface area contributed by atoms with E-state index in [0.29, 0.717) is 42.8 Å². The molecule has 2 aromatic carbocycles. The summed E-state index contributed by atoms with van der Waals surface area (Å²) in [4.78, 5) is 15.0. The number of ether oxygens (including phenoxy) is 3. The van der Waals surface area contributed by atoms with Crippen LogP contribution in [-0.2, 0) is 9.84 Å². The molecule has 0 bridgehead atoms. The van der Waals surface area contributed by atoms with Crippen LogP contribution < -0.4 is 19.1 Å². The van der Waals surface area contributed by atoms with Crippen LogP contribution in [0.1, 0.15) is 31.1 Å². The standard InChI is InChI=1S/C23H26FNO6S/c1-4-29-20-13-16(14-21(30-5-2)22(20)31-6-3)23(26)25(18-9-7-17(24)8-10-18)19-11-12-32(27,28)15-19/h7-14,19H,4-6,15H2,1-3H3/t19-/m1/s1. The predicted molar refractivity (Wildman–Crippen MR) is 120 cm³/mol. The first-order valence-corrected chi connectivity index (χ1v) is 12.1. The average molecular weight is 464 g/mol. The number of amides is 1. The smallest absolute Gasteiger partial charge is 0.259 e. The molecule has 0 saturated carbocycles. The van der Waals surface area contributed by atoms with E-state index in [2.05, 4.69) is 0 Å². The zero-order valence-corrected chi connectivity index (χ0v) is 19.0. The van der Waals surface area contributed by atoms with E-state index in [1.807, 2.05) is 20.8 Å². The zero-order valence-electron chi connectivity index (χ0n) is 18.2. The number of benzene rings is 2. The molecule has 7 nitrogen and oxygen atoms in total. The van der Waals surface area contributed by atoms with Crippen LogP contribution in [0.15, 0.2) is 47.9 Å². The maximum atomic E-state index is 13.7. The highest BCUT2D eigenvalue weighted by atomic mass is 32.2. The Morgan fingerprint density at radius 2 is 1.56 bits per heavy atom. The molecule has 9 heteroatoms. The van der Waals surface area contributed by atoms with Crippen molar-refractivity contribution in [3.63, 3.8) is 0 Å². The third-order valence-electron chi connectivity index (χ3n) is 4.72. The Morgan fingerprint density at radius 1 is 1.00 bits per heavy atom. The van der Waals surface area contributed by atoms with Crippen molar-refractivity contribution >= 4 is 21.4 Å². The van der Waals surface area contributed by atoms with Crippen molar-refractivity contribution in [3.05, 3.63) is 59.3 Å². The van der Waals surface area contributed by atoms with Crippen LogP contribution in [0.5, 0.6) is 17.2 Å². The second-order valence-corrected chi connectivity index (χ2v) is 8.91. The van der Waals surface area contributed by atoms with Gasteiger partial charge in [0.15, 0.2) is 21.3 Å². The Balaban J connectivity index is 2.10. The summed E-state index contributed by atoms with van der Waals surface area (Å²) in [5.41, 5.74) is 0.593. The van der Waals surface area contributed by atoms with Gasteiger partial charge in [0.05, 0.1) is 31.6 Å². The summed E-state index contributed by atoms with van der Waals surface area (Å²) >= 11 is 0. The van der Waals surface area contributed by atoms with Gasteiger partial charge < -0.3 is 19.1 Å². The lowest BCUT2D eigenvalue weighted by Gasteiger charge is -2.28. The number of hydrogen-bond acceptors (Lipinski definition) is 6. The lowest BCUT2D eigenvalue weighted by atomic mass is 10.1. The summed E-state index contributed by atoms with van der Waals surface area (Å²) in [5.74, 6) is -0.120. The van der Waals surface area contributed by atoms with Crippen molar-refractivity contribution in [1.82, 2.24) is 0 Å². The second-order valence-electron chi connectivity index (χ2n) is 6.98. The normalized spacial score (nSPS) is 16.6. The van der Waals surface area contributed by atoms with Gasteiger partial charge in [0.2, 0.25) is 5.75 Å². The summed E-state index contributed by atoms with van der Waals surface area (Å²) < 4.78 is 54.7. The highest BCUT2D eigenvalue weighted by Gasteiger charge is 2.33. The lowest BCUT2D eigenvalue weighted by Crippen LogP contribution is -2.41. The molecule has 0 N–H and O–H groups in total. The van der Waals surface area contributed by atoms with E-state index in [1.54, 1.807) is 12.1 Å². The molecule has 0 aromatic heterocycles. The minimum absolute atomic E-state index is 0.224. The number of carbonyl (C=O) groups excluding carboxylic acids is 1. The highest BCUT2D eigenvalue weighted by Crippen LogP contribution is 2.40.